The van der Waals surface area contributed by atoms with Gasteiger partial charge in [-0.15, -0.1) is 11.8 Å². The Morgan fingerprint density at radius 2 is 2.38 bits per heavy atom. The molecule has 116 valence electrons. The highest BCUT2D eigenvalue weighted by Crippen LogP contribution is 2.33. The monoisotopic (exact) mass is 372 g/mol. The van der Waals surface area contributed by atoms with Crippen LogP contribution in [0, 0.1) is 0 Å². The van der Waals surface area contributed by atoms with Gasteiger partial charge in [-0.3, -0.25) is 10.1 Å². The topological polar surface area (TPSA) is 51.2 Å². The van der Waals surface area contributed by atoms with Crippen molar-refractivity contribution in [1.82, 2.24) is 10.3 Å². The first-order valence-electron chi connectivity index (χ1n) is 7.08. The van der Waals surface area contributed by atoms with Crippen molar-refractivity contribution in [2.24, 2.45) is 0 Å². The van der Waals surface area contributed by atoms with Crippen molar-refractivity contribution >= 4 is 33.7 Å². The van der Waals surface area contributed by atoms with E-state index in [-0.39, 0.29) is 11.2 Å². The van der Waals surface area contributed by atoms with Crippen LogP contribution in [0.1, 0.15) is 33.1 Å². The van der Waals surface area contributed by atoms with Gasteiger partial charge in [0.2, 0.25) is 0 Å². The Morgan fingerprint density at radius 3 is 2.95 bits per heavy atom. The molecule has 2 rings (SSSR count). The molecule has 0 saturated heterocycles. The van der Waals surface area contributed by atoms with Crippen molar-refractivity contribution in [3.05, 3.63) is 22.8 Å². The van der Waals surface area contributed by atoms with Gasteiger partial charge >= 0.3 is 5.97 Å². The van der Waals surface area contributed by atoms with Gasteiger partial charge in [0.25, 0.3) is 0 Å². The number of rotatable bonds is 7. The lowest BCUT2D eigenvalue weighted by Gasteiger charge is -2.30. The van der Waals surface area contributed by atoms with E-state index in [1.165, 1.54) is 7.11 Å². The number of ether oxygens (including phenoxy) is 1. The van der Waals surface area contributed by atoms with Crippen LogP contribution in [0.4, 0.5) is 0 Å². The maximum absolute atomic E-state index is 12.1. The van der Waals surface area contributed by atoms with E-state index in [0.717, 1.165) is 22.3 Å². The summed E-state index contributed by atoms with van der Waals surface area (Å²) in [5.74, 6) is -0.193. The van der Waals surface area contributed by atoms with Gasteiger partial charge in [0, 0.05) is 22.0 Å². The third kappa shape index (κ3) is 4.69. The number of hydrogen-bond acceptors (Lipinski definition) is 5. The fourth-order valence-corrected chi connectivity index (χ4v) is 4.01. The van der Waals surface area contributed by atoms with Crippen LogP contribution in [-0.2, 0) is 9.53 Å². The van der Waals surface area contributed by atoms with Crippen LogP contribution < -0.4 is 5.32 Å². The number of thioether (sulfide) groups is 1. The second kappa shape index (κ2) is 7.11. The van der Waals surface area contributed by atoms with E-state index in [1.807, 2.05) is 19.1 Å². The lowest BCUT2D eigenvalue weighted by molar-refractivity contribution is -0.148. The molecule has 1 fully saturated rings. The quantitative estimate of drug-likeness (QED) is 0.587. The third-order valence-corrected chi connectivity index (χ3v) is 5.49. The first-order chi connectivity index (χ1) is 9.94. The number of nitrogens with one attached hydrogen (secondary N) is 1. The lowest BCUT2D eigenvalue weighted by Crippen LogP contribution is -2.52. The summed E-state index contributed by atoms with van der Waals surface area (Å²) in [5.41, 5.74) is -0.635. The number of hydrogen-bond donors (Lipinski definition) is 1. The average Bonchev–Trinajstić information content (AvgIpc) is 3.24. The molecule has 0 spiro atoms. The molecule has 2 unspecified atom stereocenters. The van der Waals surface area contributed by atoms with Gasteiger partial charge in [0.1, 0.15) is 10.6 Å². The Balaban J connectivity index is 2.02. The molecule has 0 aliphatic heterocycles. The minimum absolute atomic E-state index is 0.193. The first-order valence-corrected chi connectivity index (χ1v) is 8.75. The average molecular weight is 373 g/mol. The van der Waals surface area contributed by atoms with Crippen LogP contribution in [0.25, 0.3) is 0 Å². The number of carbonyl (C=O) groups is 1. The summed E-state index contributed by atoms with van der Waals surface area (Å²) in [7, 11) is 1.45. The summed E-state index contributed by atoms with van der Waals surface area (Å²) in [6.45, 7) is 4.04. The van der Waals surface area contributed by atoms with Crippen LogP contribution in [0.5, 0.6) is 0 Å². The molecule has 1 N–H and O–H groups in total. The van der Waals surface area contributed by atoms with E-state index in [2.05, 4.69) is 33.2 Å². The van der Waals surface area contributed by atoms with Gasteiger partial charge in [0.05, 0.1) is 7.11 Å². The molecule has 0 radical (unpaired) electrons. The summed E-state index contributed by atoms with van der Waals surface area (Å²) in [6, 6.07) is 4.32. The summed E-state index contributed by atoms with van der Waals surface area (Å²) in [4.78, 5) is 16.5. The first kappa shape index (κ1) is 16.8. The molecule has 1 heterocycles. The normalized spacial score (nSPS) is 18.9. The zero-order valence-electron chi connectivity index (χ0n) is 12.6. The molecule has 0 bridgehead atoms. The van der Waals surface area contributed by atoms with E-state index >= 15 is 0 Å². The maximum atomic E-state index is 12.1. The molecule has 1 aliphatic carbocycles. The summed E-state index contributed by atoms with van der Waals surface area (Å²) < 4.78 is 5.97. The molecular formula is C15H21BrN2O2S. The largest absolute Gasteiger partial charge is 0.468 e. The highest BCUT2D eigenvalue weighted by molar-refractivity contribution is 9.10. The molecule has 1 aromatic rings. The number of methoxy groups -OCH3 is 1. The molecular weight excluding hydrogens is 352 g/mol. The molecule has 2 atom stereocenters. The van der Waals surface area contributed by atoms with E-state index < -0.39 is 5.54 Å². The van der Waals surface area contributed by atoms with Gasteiger partial charge in [-0.05, 0) is 54.2 Å². The fourth-order valence-electron chi connectivity index (χ4n) is 2.37. The second-order valence-corrected chi connectivity index (χ2v) is 7.95. The van der Waals surface area contributed by atoms with Crippen molar-refractivity contribution in [3.8, 4) is 0 Å². The Kier molecular flexibility index (Phi) is 5.68. The van der Waals surface area contributed by atoms with Gasteiger partial charge in [0.15, 0.2) is 0 Å². The molecule has 1 aromatic heterocycles. The second-order valence-electron chi connectivity index (χ2n) is 5.67. The van der Waals surface area contributed by atoms with Crippen molar-refractivity contribution < 1.29 is 9.53 Å². The van der Waals surface area contributed by atoms with E-state index in [1.54, 1.807) is 18.0 Å². The summed E-state index contributed by atoms with van der Waals surface area (Å²) in [5, 5.41) is 4.62. The van der Waals surface area contributed by atoms with Crippen LogP contribution in [0.15, 0.2) is 27.8 Å². The predicted octanol–water partition coefficient (Wildman–Crippen LogP) is 3.40. The standard InChI is InChI=1S/C15H21BrN2O2S/c1-10(21-13-12(16)5-4-8-17-13)9-15(2,14(19)20-3)18-11-6-7-11/h4-5,8,10-11,18H,6-7,9H2,1-3H3. The molecule has 0 aromatic carbocycles. The van der Waals surface area contributed by atoms with Crippen molar-refractivity contribution in [3.63, 3.8) is 0 Å². The zero-order valence-corrected chi connectivity index (χ0v) is 15.0. The Morgan fingerprint density at radius 1 is 1.67 bits per heavy atom. The molecule has 21 heavy (non-hydrogen) atoms. The fraction of sp³-hybridized carbons (Fsp3) is 0.600. The van der Waals surface area contributed by atoms with Crippen LogP contribution in [0.3, 0.4) is 0 Å². The van der Waals surface area contributed by atoms with Crippen molar-refractivity contribution in [1.29, 1.82) is 0 Å². The maximum Gasteiger partial charge on any atom is 0.325 e. The van der Waals surface area contributed by atoms with E-state index in [9.17, 15) is 4.79 Å². The van der Waals surface area contributed by atoms with Crippen LogP contribution in [-0.4, -0.2) is 34.9 Å². The molecule has 1 saturated carbocycles. The van der Waals surface area contributed by atoms with E-state index in [4.69, 9.17) is 4.74 Å². The summed E-state index contributed by atoms with van der Waals surface area (Å²) in [6.07, 6.45) is 4.76. The Bertz CT molecular complexity index is 510. The summed E-state index contributed by atoms with van der Waals surface area (Å²) >= 11 is 5.17. The van der Waals surface area contributed by atoms with Gasteiger partial charge in [-0.1, -0.05) is 6.92 Å². The van der Waals surface area contributed by atoms with E-state index in [0.29, 0.717) is 12.5 Å². The van der Waals surface area contributed by atoms with Gasteiger partial charge < -0.3 is 4.74 Å². The molecule has 0 amide bonds. The number of pyridine rings is 1. The third-order valence-electron chi connectivity index (χ3n) is 3.47. The van der Waals surface area contributed by atoms with Crippen molar-refractivity contribution in [2.45, 2.75) is 55.0 Å². The number of carbonyl (C=O) groups excluding carboxylic acids is 1. The minimum atomic E-state index is -0.635. The van der Waals surface area contributed by atoms with Crippen LogP contribution in [0.2, 0.25) is 0 Å². The van der Waals surface area contributed by atoms with Gasteiger partial charge in [-0.25, -0.2) is 4.98 Å². The highest BCUT2D eigenvalue weighted by Gasteiger charge is 2.40. The van der Waals surface area contributed by atoms with Crippen LogP contribution >= 0.6 is 27.7 Å². The van der Waals surface area contributed by atoms with Gasteiger partial charge in [-0.2, -0.15) is 0 Å². The molecule has 1 aliphatic rings. The number of halogens is 1. The SMILES string of the molecule is COC(=O)C(C)(CC(C)Sc1ncccc1Br)NC1CC1. The zero-order chi connectivity index (χ0) is 15.5. The predicted molar refractivity (Wildman–Crippen MR) is 88.5 cm³/mol. The Labute approximate surface area is 138 Å². The number of aromatic nitrogens is 1. The molecule has 6 heteroatoms. The van der Waals surface area contributed by atoms with Crippen molar-refractivity contribution in [2.75, 3.05) is 7.11 Å². The lowest BCUT2D eigenvalue weighted by atomic mass is 9.96. The highest BCUT2D eigenvalue weighted by atomic mass is 79.9. The number of nitrogens with zero attached hydrogens (tertiary/aromatic N) is 1. The smallest absolute Gasteiger partial charge is 0.325 e. The molecule has 4 nitrogen and oxygen atoms in total. The number of esters is 1. The minimum Gasteiger partial charge on any atom is -0.468 e. The Hall–Kier alpha value is -0.590.